The minimum atomic E-state index is -0.799. The molecule has 1 fully saturated rings. The summed E-state index contributed by atoms with van der Waals surface area (Å²) in [4.78, 5) is 10.7. The van der Waals surface area contributed by atoms with Crippen LogP contribution in [0.2, 0.25) is 0 Å². The molecule has 1 aromatic carbocycles. The zero-order valence-corrected chi connectivity index (χ0v) is 10.6. The van der Waals surface area contributed by atoms with E-state index in [2.05, 4.69) is 0 Å². The maximum Gasteiger partial charge on any atom is 0.303 e. The van der Waals surface area contributed by atoms with Crippen LogP contribution < -0.4 is 9.47 Å². The highest BCUT2D eigenvalue weighted by atomic mass is 16.6. The summed E-state index contributed by atoms with van der Waals surface area (Å²) in [6.45, 7) is 1.78. The highest BCUT2D eigenvalue weighted by molar-refractivity contribution is 5.66. The van der Waals surface area contributed by atoms with Gasteiger partial charge in [-0.1, -0.05) is 6.07 Å². The largest absolute Gasteiger partial charge is 0.486 e. The SMILES string of the molecule is O=C(O)CCC1(c2ccc3c(c2)OCCO3)CCO1. The van der Waals surface area contributed by atoms with Crippen molar-refractivity contribution in [1.82, 2.24) is 0 Å². The van der Waals surface area contributed by atoms with Gasteiger partial charge in [0.15, 0.2) is 11.5 Å². The number of ether oxygens (including phenoxy) is 3. The van der Waals surface area contributed by atoms with E-state index in [1.165, 1.54) is 0 Å². The average Bonchev–Trinajstić information content (AvgIpc) is 2.37. The Labute approximate surface area is 111 Å². The molecule has 2 aliphatic heterocycles. The summed E-state index contributed by atoms with van der Waals surface area (Å²) >= 11 is 0. The molecule has 3 rings (SSSR count). The fourth-order valence-corrected chi connectivity index (χ4v) is 2.55. The number of carboxylic acids is 1. The Kier molecular flexibility index (Phi) is 3.06. The van der Waals surface area contributed by atoms with E-state index in [4.69, 9.17) is 19.3 Å². The molecule has 0 spiro atoms. The number of rotatable bonds is 4. The molecule has 1 unspecified atom stereocenters. The van der Waals surface area contributed by atoms with Gasteiger partial charge < -0.3 is 19.3 Å². The van der Waals surface area contributed by atoms with Crippen LogP contribution >= 0.6 is 0 Å². The summed E-state index contributed by atoms with van der Waals surface area (Å²) in [6.07, 6.45) is 1.44. The second kappa shape index (κ2) is 4.74. The van der Waals surface area contributed by atoms with Gasteiger partial charge in [0.05, 0.1) is 12.2 Å². The van der Waals surface area contributed by atoms with Gasteiger partial charge in [0.1, 0.15) is 13.2 Å². The Morgan fingerprint density at radius 3 is 2.58 bits per heavy atom. The van der Waals surface area contributed by atoms with Gasteiger partial charge in [-0.25, -0.2) is 0 Å². The van der Waals surface area contributed by atoms with Gasteiger partial charge in [0.25, 0.3) is 0 Å². The first-order valence-corrected chi connectivity index (χ1v) is 6.45. The molecule has 1 aromatic rings. The van der Waals surface area contributed by atoms with E-state index in [0.717, 1.165) is 17.7 Å². The van der Waals surface area contributed by atoms with Gasteiger partial charge in [0, 0.05) is 12.8 Å². The number of hydrogen-bond acceptors (Lipinski definition) is 4. The Hall–Kier alpha value is -1.75. The topological polar surface area (TPSA) is 65.0 Å². The summed E-state index contributed by atoms with van der Waals surface area (Å²) in [5.74, 6) is 0.657. The van der Waals surface area contributed by atoms with Gasteiger partial charge in [0.2, 0.25) is 0 Å². The molecule has 19 heavy (non-hydrogen) atoms. The molecule has 102 valence electrons. The van der Waals surface area contributed by atoms with Crippen molar-refractivity contribution in [3.63, 3.8) is 0 Å². The fraction of sp³-hybridized carbons (Fsp3) is 0.500. The Balaban J connectivity index is 1.85. The number of benzene rings is 1. The van der Waals surface area contributed by atoms with Gasteiger partial charge in [-0.15, -0.1) is 0 Å². The predicted octanol–water partition coefficient (Wildman–Crippen LogP) is 1.94. The molecule has 0 bridgehead atoms. The monoisotopic (exact) mass is 264 g/mol. The average molecular weight is 264 g/mol. The van der Waals surface area contributed by atoms with E-state index in [9.17, 15) is 4.79 Å². The van der Waals surface area contributed by atoms with E-state index in [0.29, 0.717) is 32.0 Å². The zero-order chi connectivity index (χ0) is 13.3. The first-order valence-electron chi connectivity index (χ1n) is 6.45. The summed E-state index contributed by atoms with van der Waals surface area (Å²) in [6, 6.07) is 5.72. The van der Waals surface area contributed by atoms with Crippen LogP contribution in [0.15, 0.2) is 18.2 Å². The van der Waals surface area contributed by atoms with Crippen molar-refractivity contribution in [3.8, 4) is 11.5 Å². The van der Waals surface area contributed by atoms with Crippen LogP contribution in [0.5, 0.6) is 11.5 Å². The second-order valence-corrected chi connectivity index (χ2v) is 4.84. The van der Waals surface area contributed by atoms with E-state index in [1.807, 2.05) is 18.2 Å². The molecule has 0 amide bonds. The smallest absolute Gasteiger partial charge is 0.303 e. The van der Waals surface area contributed by atoms with Crippen LogP contribution in [-0.2, 0) is 15.1 Å². The second-order valence-electron chi connectivity index (χ2n) is 4.84. The molecular formula is C14H16O5. The van der Waals surface area contributed by atoms with E-state index >= 15 is 0 Å². The lowest BCUT2D eigenvalue weighted by Crippen LogP contribution is -2.41. The van der Waals surface area contributed by atoms with Gasteiger partial charge in [-0.05, 0) is 24.1 Å². The van der Waals surface area contributed by atoms with E-state index in [-0.39, 0.29) is 6.42 Å². The van der Waals surface area contributed by atoms with E-state index in [1.54, 1.807) is 0 Å². The van der Waals surface area contributed by atoms with Crippen molar-refractivity contribution >= 4 is 5.97 Å². The lowest BCUT2D eigenvalue weighted by Gasteiger charge is -2.42. The van der Waals surface area contributed by atoms with Crippen LogP contribution in [0.3, 0.4) is 0 Å². The first kappa shape index (κ1) is 12.3. The summed E-state index contributed by atoms with van der Waals surface area (Å²) < 4.78 is 16.7. The highest BCUT2D eigenvalue weighted by Crippen LogP contribution is 2.44. The standard InChI is InChI=1S/C14H16O5/c15-13(16)3-4-14(5-6-19-14)10-1-2-11-12(9-10)18-8-7-17-11/h1-2,9H,3-8H2,(H,15,16). The summed E-state index contributed by atoms with van der Waals surface area (Å²) in [5.41, 5.74) is 0.512. The lowest BCUT2D eigenvalue weighted by molar-refractivity contribution is -0.165. The minimum absolute atomic E-state index is 0.106. The summed E-state index contributed by atoms with van der Waals surface area (Å²) in [7, 11) is 0. The molecule has 2 aliphatic rings. The Bertz CT molecular complexity index is 493. The molecule has 0 radical (unpaired) electrons. The Morgan fingerprint density at radius 2 is 1.95 bits per heavy atom. The minimum Gasteiger partial charge on any atom is -0.486 e. The van der Waals surface area contributed by atoms with E-state index < -0.39 is 11.6 Å². The van der Waals surface area contributed by atoms with Crippen molar-refractivity contribution in [1.29, 1.82) is 0 Å². The van der Waals surface area contributed by atoms with Crippen molar-refractivity contribution in [2.24, 2.45) is 0 Å². The molecule has 0 aromatic heterocycles. The quantitative estimate of drug-likeness (QED) is 0.900. The maximum atomic E-state index is 10.7. The third-order valence-electron chi connectivity index (χ3n) is 3.70. The number of hydrogen-bond donors (Lipinski definition) is 1. The Morgan fingerprint density at radius 1 is 1.21 bits per heavy atom. The molecule has 5 nitrogen and oxygen atoms in total. The van der Waals surface area contributed by atoms with Crippen molar-refractivity contribution < 1.29 is 24.1 Å². The third kappa shape index (κ3) is 2.26. The van der Waals surface area contributed by atoms with Gasteiger partial charge in [-0.2, -0.15) is 0 Å². The van der Waals surface area contributed by atoms with Crippen molar-refractivity contribution in [2.75, 3.05) is 19.8 Å². The van der Waals surface area contributed by atoms with Crippen molar-refractivity contribution in [2.45, 2.75) is 24.9 Å². The number of aliphatic carboxylic acids is 1. The molecule has 2 heterocycles. The molecule has 0 saturated carbocycles. The normalized spacial score (nSPS) is 24.6. The first-order chi connectivity index (χ1) is 9.20. The molecular weight excluding hydrogens is 248 g/mol. The fourth-order valence-electron chi connectivity index (χ4n) is 2.55. The third-order valence-corrected chi connectivity index (χ3v) is 3.70. The number of fused-ring (bicyclic) bond motifs is 1. The zero-order valence-electron chi connectivity index (χ0n) is 10.6. The molecule has 0 aliphatic carbocycles. The lowest BCUT2D eigenvalue weighted by atomic mass is 9.82. The molecule has 1 N–H and O–H groups in total. The van der Waals surface area contributed by atoms with Gasteiger partial charge >= 0.3 is 5.97 Å². The number of carboxylic acid groups (broad SMARTS) is 1. The predicted molar refractivity (Wildman–Crippen MR) is 66.5 cm³/mol. The molecule has 1 saturated heterocycles. The van der Waals surface area contributed by atoms with Crippen LogP contribution in [0.1, 0.15) is 24.8 Å². The van der Waals surface area contributed by atoms with Crippen LogP contribution in [0.25, 0.3) is 0 Å². The summed E-state index contributed by atoms with van der Waals surface area (Å²) in [5, 5.41) is 8.84. The molecule has 1 atom stereocenters. The highest BCUT2D eigenvalue weighted by Gasteiger charge is 2.41. The van der Waals surface area contributed by atoms with Crippen LogP contribution in [0, 0.1) is 0 Å². The molecule has 5 heteroatoms. The van der Waals surface area contributed by atoms with Crippen LogP contribution in [0.4, 0.5) is 0 Å². The van der Waals surface area contributed by atoms with Crippen LogP contribution in [-0.4, -0.2) is 30.9 Å². The number of carbonyl (C=O) groups is 1. The van der Waals surface area contributed by atoms with Gasteiger partial charge in [-0.3, -0.25) is 4.79 Å². The van der Waals surface area contributed by atoms with Crippen molar-refractivity contribution in [3.05, 3.63) is 23.8 Å². The maximum absolute atomic E-state index is 10.7.